The molecular formula is C17H28N4O. The van der Waals surface area contributed by atoms with Crippen LogP contribution in [0.5, 0.6) is 0 Å². The molecule has 0 saturated carbocycles. The van der Waals surface area contributed by atoms with Crippen LogP contribution in [0, 0.1) is 5.92 Å². The lowest BCUT2D eigenvalue weighted by molar-refractivity contribution is 0.0504. The van der Waals surface area contributed by atoms with Crippen molar-refractivity contribution in [3.05, 3.63) is 18.0 Å². The number of hydrogen-bond acceptors (Lipinski definition) is 4. The van der Waals surface area contributed by atoms with Crippen LogP contribution in [0.25, 0.3) is 0 Å². The van der Waals surface area contributed by atoms with E-state index in [-0.39, 0.29) is 0 Å². The fraction of sp³-hybridized carbons (Fsp3) is 0.824. The number of hydrogen-bond donors (Lipinski definition) is 0. The van der Waals surface area contributed by atoms with Gasteiger partial charge in [-0.15, -0.1) is 0 Å². The van der Waals surface area contributed by atoms with E-state index in [4.69, 9.17) is 4.74 Å². The number of rotatable bonds is 4. The van der Waals surface area contributed by atoms with Crippen molar-refractivity contribution in [2.45, 2.75) is 44.3 Å². The van der Waals surface area contributed by atoms with Gasteiger partial charge in [0.2, 0.25) is 0 Å². The second-order valence-corrected chi connectivity index (χ2v) is 7.26. The quantitative estimate of drug-likeness (QED) is 0.844. The van der Waals surface area contributed by atoms with Crippen LogP contribution in [-0.2, 0) is 18.3 Å². The minimum Gasteiger partial charge on any atom is -0.381 e. The summed E-state index contributed by atoms with van der Waals surface area (Å²) in [6.07, 6.45) is 9.37. The zero-order valence-electron chi connectivity index (χ0n) is 13.7. The summed E-state index contributed by atoms with van der Waals surface area (Å²) in [7, 11) is 2.00. The summed E-state index contributed by atoms with van der Waals surface area (Å²) in [6.45, 7) is 6.84. The summed E-state index contributed by atoms with van der Waals surface area (Å²) in [5.41, 5.74) is 1.35. The van der Waals surface area contributed by atoms with E-state index in [1.165, 1.54) is 50.9 Å². The highest BCUT2D eigenvalue weighted by Gasteiger charge is 2.42. The predicted octanol–water partition coefficient (Wildman–Crippen LogP) is 1.50. The van der Waals surface area contributed by atoms with E-state index >= 15 is 0 Å². The maximum Gasteiger partial charge on any atom is 0.0534 e. The van der Waals surface area contributed by atoms with Gasteiger partial charge in [0.1, 0.15) is 0 Å². The SMILES string of the molecule is Cn1cc(CN2CC[C@@H]3[C@@H]2CCN3CC2CCOCC2)cn1. The van der Waals surface area contributed by atoms with Gasteiger partial charge in [0, 0.05) is 70.3 Å². The second kappa shape index (κ2) is 6.30. The molecule has 4 heterocycles. The monoisotopic (exact) mass is 304 g/mol. The molecule has 0 spiro atoms. The number of aromatic nitrogens is 2. The smallest absolute Gasteiger partial charge is 0.0534 e. The molecule has 3 saturated heterocycles. The Kier molecular flexibility index (Phi) is 4.20. The average molecular weight is 304 g/mol. The zero-order chi connectivity index (χ0) is 14.9. The predicted molar refractivity (Wildman–Crippen MR) is 85.5 cm³/mol. The van der Waals surface area contributed by atoms with Gasteiger partial charge in [0.15, 0.2) is 0 Å². The van der Waals surface area contributed by atoms with Crippen LogP contribution in [0.2, 0.25) is 0 Å². The number of aryl methyl sites for hydroxylation is 1. The third kappa shape index (κ3) is 2.94. The van der Waals surface area contributed by atoms with E-state index < -0.39 is 0 Å². The molecule has 2 atom stereocenters. The van der Waals surface area contributed by atoms with Gasteiger partial charge in [-0.2, -0.15) is 5.10 Å². The highest BCUT2D eigenvalue weighted by molar-refractivity contribution is 5.07. The van der Waals surface area contributed by atoms with Crippen LogP contribution in [-0.4, -0.2) is 64.5 Å². The summed E-state index contributed by atoms with van der Waals surface area (Å²) in [5, 5.41) is 4.30. The Balaban J connectivity index is 1.34. The van der Waals surface area contributed by atoms with Crippen LogP contribution in [0.1, 0.15) is 31.2 Å². The fourth-order valence-electron chi connectivity index (χ4n) is 4.64. The average Bonchev–Trinajstić information content (AvgIpc) is 3.21. The lowest BCUT2D eigenvalue weighted by Crippen LogP contribution is -2.39. The molecule has 3 aliphatic rings. The molecule has 5 nitrogen and oxygen atoms in total. The van der Waals surface area contributed by atoms with E-state index in [2.05, 4.69) is 21.1 Å². The first kappa shape index (κ1) is 14.7. The molecule has 5 heteroatoms. The highest BCUT2D eigenvalue weighted by Crippen LogP contribution is 2.33. The lowest BCUT2D eigenvalue weighted by Gasteiger charge is -2.30. The molecule has 1 aromatic rings. The summed E-state index contributed by atoms with van der Waals surface area (Å²) >= 11 is 0. The van der Waals surface area contributed by atoms with Crippen LogP contribution in [0.15, 0.2) is 12.4 Å². The Morgan fingerprint density at radius 2 is 1.82 bits per heavy atom. The first-order valence-electron chi connectivity index (χ1n) is 8.83. The maximum absolute atomic E-state index is 5.50. The van der Waals surface area contributed by atoms with E-state index in [9.17, 15) is 0 Å². The molecule has 0 radical (unpaired) electrons. The van der Waals surface area contributed by atoms with E-state index in [0.717, 1.165) is 37.8 Å². The van der Waals surface area contributed by atoms with Gasteiger partial charge in [-0.05, 0) is 31.6 Å². The molecule has 0 bridgehead atoms. The third-order valence-electron chi connectivity index (χ3n) is 5.78. The van der Waals surface area contributed by atoms with Crippen molar-refractivity contribution in [3.63, 3.8) is 0 Å². The van der Waals surface area contributed by atoms with Gasteiger partial charge in [-0.3, -0.25) is 14.5 Å². The standard InChI is InChI=1S/C17H28N4O/c1-19-11-15(10-18-19)13-21-7-3-16-17(21)2-6-20(16)12-14-4-8-22-9-5-14/h10-11,14,16-17H,2-9,12-13H2,1H3/t16-,17+/m1/s1. The molecule has 4 rings (SSSR count). The Hall–Kier alpha value is -0.910. The molecule has 0 aromatic carbocycles. The van der Waals surface area contributed by atoms with E-state index in [1.807, 2.05) is 17.9 Å². The number of nitrogens with zero attached hydrogens (tertiary/aromatic N) is 4. The van der Waals surface area contributed by atoms with Gasteiger partial charge >= 0.3 is 0 Å². The summed E-state index contributed by atoms with van der Waals surface area (Å²) in [6, 6.07) is 1.56. The fourth-order valence-corrected chi connectivity index (χ4v) is 4.64. The molecule has 122 valence electrons. The van der Waals surface area contributed by atoms with Gasteiger partial charge in [-0.1, -0.05) is 0 Å². The normalized spacial score (nSPS) is 31.0. The summed E-state index contributed by atoms with van der Waals surface area (Å²) in [4.78, 5) is 5.47. The van der Waals surface area contributed by atoms with Gasteiger partial charge in [0.25, 0.3) is 0 Å². The van der Waals surface area contributed by atoms with Gasteiger partial charge in [-0.25, -0.2) is 0 Å². The van der Waals surface area contributed by atoms with Crippen LogP contribution in [0.3, 0.4) is 0 Å². The van der Waals surface area contributed by atoms with E-state index in [0.29, 0.717) is 0 Å². The molecule has 0 unspecified atom stereocenters. The molecule has 1 aromatic heterocycles. The van der Waals surface area contributed by atoms with Crippen molar-refractivity contribution in [2.75, 3.05) is 32.8 Å². The third-order valence-corrected chi connectivity index (χ3v) is 5.78. The van der Waals surface area contributed by atoms with Crippen molar-refractivity contribution < 1.29 is 4.74 Å². The number of likely N-dealkylation sites (tertiary alicyclic amines) is 2. The summed E-state index contributed by atoms with van der Waals surface area (Å²) < 4.78 is 7.41. The molecule has 3 fully saturated rings. The minimum atomic E-state index is 0.764. The van der Waals surface area contributed by atoms with Gasteiger partial charge in [0.05, 0.1) is 6.20 Å². The van der Waals surface area contributed by atoms with Crippen molar-refractivity contribution in [2.24, 2.45) is 13.0 Å². The van der Waals surface area contributed by atoms with E-state index in [1.54, 1.807) is 0 Å². The van der Waals surface area contributed by atoms with Crippen LogP contribution < -0.4 is 0 Å². The Morgan fingerprint density at radius 1 is 1.09 bits per heavy atom. The first-order valence-corrected chi connectivity index (χ1v) is 8.83. The first-order chi connectivity index (χ1) is 10.8. The molecule has 0 amide bonds. The second-order valence-electron chi connectivity index (χ2n) is 7.26. The largest absolute Gasteiger partial charge is 0.381 e. The van der Waals surface area contributed by atoms with Crippen molar-refractivity contribution in [3.8, 4) is 0 Å². The molecule has 0 N–H and O–H groups in total. The topological polar surface area (TPSA) is 33.5 Å². The van der Waals surface area contributed by atoms with Crippen molar-refractivity contribution >= 4 is 0 Å². The molecular weight excluding hydrogens is 276 g/mol. The van der Waals surface area contributed by atoms with Crippen molar-refractivity contribution in [1.82, 2.24) is 19.6 Å². The van der Waals surface area contributed by atoms with Gasteiger partial charge < -0.3 is 4.74 Å². The maximum atomic E-state index is 5.50. The Morgan fingerprint density at radius 3 is 2.55 bits per heavy atom. The molecule has 22 heavy (non-hydrogen) atoms. The number of ether oxygens (including phenoxy) is 1. The molecule has 0 aliphatic carbocycles. The Labute approximate surface area is 133 Å². The Bertz CT molecular complexity index is 497. The minimum absolute atomic E-state index is 0.764. The highest BCUT2D eigenvalue weighted by atomic mass is 16.5. The zero-order valence-corrected chi connectivity index (χ0v) is 13.7. The number of fused-ring (bicyclic) bond motifs is 1. The van der Waals surface area contributed by atoms with Crippen molar-refractivity contribution in [1.29, 1.82) is 0 Å². The molecule has 3 aliphatic heterocycles. The lowest BCUT2D eigenvalue weighted by atomic mass is 9.99. The van der Waals surface area contributed by atoms with Crippen LogP contribution in [0.4, 0.5) is 0 Å². The summed E-state index contributed by atoms with van der Waals surface area (Å²) in [5.74, 6) is 0.861. The van der Waals surface area contributed by atoms with Crippen LogP contribution >= 0.6 is 0 Å².